The molecule has 0 aliphatic carbocycles. The first kappa shape index (κ1) is 11.7. The van der Waals surface area contributed by atoms with Crippen molar-refractivity contribution in [1.29, 1.82) is 0 Å². The van der Waals surface area contributed by atoms with Crippen LogP contribution >= 0.6 is 0 Å². The van der Waals surface area contributed by atoms with Crippen LogP contribution in [-0.2, 0) is 17.9 Å². The van der Waals surface area contributed by atoms with E-state index >= 15 is 0 Å². The third kappa shape index (κ3) is 3.71. The van der Waals surface area contributed by atoms with Crippen molar-refractivity contribution in [2.75, 3.05) is 6.54 Å². The maximum absolute atomic E-state index is 11.3. The van der Waals surface area contributed by atoms with E-state index in [9.17, 15) is 4.79 Å². The summed E-state index contributed by atoms with van der Waals surface area (Å²) in [5.74, 6) is 0.0365. The molecule has 0 saturated heterocycles. The lowest BCUT2D eigenvalue weighted by Gasteiger charge is -2.06. The van der Waals surface area contributed by atoms with Gasteiger partial charge in [-0.25, -0.2) is 4.98 Å². The highest BCUT2D eigenvalue weighted by Gasteiger charge is 2.03. The Morgan fingerprint density at radius 2 is 2.47 bits per heavy atom. The Bertz CT molecular complexity index is 309. The largest absolute Gasteiger partial charge is 0.390 e. The molecular formula is C10H17N3O2. The molecule has 1 aromatic rings. The van der Waals surface area contributed by atoms with Crippen LogP contribution in [0.3, 0.4) is 0 Å². The first-order valence-corrected chi connectivity index (χ1v) is 5.14. The van der Waals surface area contributed by atoms with Crippen LogP contribution in [0.5, 0.6) is 0 Å². The number of nitrogens with one attached hydrogen (secondary N) is 1. The second kappa shape index (κ2) is 6.19. The molecule has 1 amide bonds. The Labute approximate surface area is 89.1 Å². The predicted octanol–water partition coefficient (Wildman–Crippen LogP) is 0.292. The molecule has 1 aromatic heterocycles. The van der Waals surface area contributed by atoms with Crippen LogP contribution < -0.4 is 5.32 Å². The summed E-state index contributed by atoms with van der Waals surface area (Å²) >= 11 is 0. The highest BCUT2D eigenvalue weighted by atomic mass is 16.3. The fourth-order valence-corrected chi connectivity index (χ4v) is 1.26. The summed E-state index contributed by atoms with van der Waals surface area (Å²) in [7, 11) is 0. The Balaban J connectivity index is 2.33. The minimum absolute atomic E-state index is 0.0365. The fraction of sp³-hybridized carbons (Fsp3) is 0.600. The van der Waals surface area contributed by atoms with E-state index in [1.54, 1.807) is 17.1 Å². The van der Waals surface area contributed by atoms with E-state index in [2.05, 4.69) is 10.3 Å². The first-order valence-electron chi connectivity index (χ1n) is 5.14. The lowest BCUT2D eigenvalue weighted by atomic mass is 10.3. The van der Waals surface area contributed by atoms with Crippen LogP contribution in [0.2, 0.25) is 0 Å². The zero-order valence-electron chi connectivity index (χ0n) is 8.94. The van der Waals surface area contributed by atoms with Gasteiger partial charge < -0.3 is 15.0 Å². The van der Waals surface area contributed by atoms with Crippen molar-refractivity contribution in [3.05, 3.63) is 18.2 Å². The predicted molar refractivity (Wildman–Crippen MR) is 56.1 cm³/mol. The fourth-order valence-electron chi connectivity index (χ4n) is 1.26. The molecule has 0 spiro atoms. The quantitative estimate of drug-likeness (QED) is 0.710. The summed E-state index contributed by atoms with van der Waals surface area (Å²) in [6, 6.07) is 0. The molecule has 0 unspecified atom stereocenters. The molecule has 0 atom stereocenters. The minimum atomic E-state index is -0.0451. The van der Waals surface area contributed by atoms with Gasteiger partial charge in [0.25, 0.3) is 0 Å². The van der Waals surface area contributed by atoms with E-state index in [0.29, 0.717) is 13.0 Å². The number of rotatable bonds is 6. The van der Waals surface area contributed by atoms with Crippen LogP contribution in [0.1, 0.15) is 25.5 Å². The third-order valence-corrected chi connectivity index (χ3v) is 2.11. The maximum atomic E-state index is 11.3. The topological polar surface area (TPSA) is 67.2 Å². The number of aliphatic hydroxyl groups excluding tert-OH is 1. The number of hydrogen-bond donors (Lipinski definition) is 2. The SMILES string of the molecule is CCCNC(=O)CCn1cncc1CO. The monoisotopic (exact) mass is 211 g/mol. The van der Waals surface area contributed by atoms with Gasteiger partial charge in [-0.15, -0.1) is 0 Å². The number of carbonyl (C=O) groups excluding carboxylic acids is 1. The summed E-state index contributed by atoms with van der Waals surface area (Å²) in [5.41, 5.74) is 0.735. The Hall–Kier alpha value is -1.36. The standard InChI is InChI=1S/C10H17N3O2/c1-2-4-12-10(15)3-5-13-8-11-6-9(13)7-14/h6,8,14H,2-5,7H2,1H3,(H,12,15). The molecule has 5 nitrogen and oxygen atoms in total. The second-order valence-corrected chi connectivity index (χ2v) is 3.34. The number of imidazole rings is 1. The number of aryl methyl sites for hydroxylation is 1. The van der Waals surface area contributed by atoms with Gasteiger partial charge >= 0.3 is 0 Å². The van der Waals surface area contributed by atoms with Gasteiger partial charge in [-0.3, -0.25) is 4.79 Å². The van der Waals surface area contributed by atoms with Crippen LogP contribution in [0, 0.1) is 0 Å². The number of aromatic nitrogens is 2. The smallest absolute Gasteiger partial charge is 0.221 e. The number of hydrogen-bond acceptors (Lipinski definition) is 3. The van der Waals surface area contributed by atoms with Crippen molar-refractivity contribution in [3.63, 3.8) is 0 Å². The van der Waals surface area contributed by atoms with Crippen molar-refractivity contribution in [3.8, 4) is 0 Å². The van der Waals surface area contributed by atoms with Gasteiger partial charge in [0.1, 0.15) is 0 Å². The van der Waals surface area contributed by atoms with E-state index in [-0.39, 0.29) is 12.5 Å². The number of carbonyl (C=O) groups is 1. The van der Waals surface area contributed by atoms with Crippen molar-refractivity contribution >= 4 is 5.91 Å². The molecule has 15 heavy (non-hydrogen) atoms. The van der Waals surface area contributed by atoms with Crippen molar-refractivity contribution in [1.82, 2.24) is 14.9 Å². The zero-order chi connectivity index (χ0) is 11.1. The summed E-state index contributed by atoms with van der Waals surface area (Å²) in [5, 5.41) is 11.7. The normalized spacial score (nSPS) is 10.3. The third-order valence-electron chi connectivity index (χ3n) is 2.11. The molecule has 2 N–H and O–H groups in total. The van der Waals surface area contributed by atoms with Gasteiger partial charge in [-0.05, 0) is 6.42 Å². The molecule has 0 saturated carbocycles. The number of nitrogens with zero attached hydrogens (tertiary/aromatic N) is 2. The number of amides is 1. The van der Waals surface area contributed by atoms with Crippen molar-refractivity contribution in [2.24, 2.45) is 0 Å². The van der Waals surface area contributed by atoms with Crippen LogP contribution in [0.4, 0.5) is 0 Å². The van der Waals surface area contributed by atoms with E-state index < -0.39 is 0 Å². The van der Waals surface area contributed by atoms with Gasteiger partial charge in [0, 0.05) is 19.5 Å². The lowest BCUT2D eigenvalue weighted by Crippen LogP contribution is -2.25. The van der Waals surface area contributed by atoms with Gasteiger partial charge in [0.15, 0.2) is 0 Å². The summed E-state index contributed by atoms with van der Waals surface area (Å²) in [4.78, 5) is 15.2. The van der Waals surface area contributed by atoms with Crippen molar-refractivity contribution < 1.29 is 9.90 Å². The van der Waals surface area contributed by atoms with Crippen LogP contribution in [0.25, 0.3) is 0 Å². The highest BCUT2D eigenvalue weighted by molar-refractivity contribution is 5.75. The molecular weight excluding hydrogens is 194 g/mol. The van der Waals surface area contributed by atoms with Crippen LogP contribution in [0.15, 0.2) is 12.5 Å². The average molecular weight is 211 g/mol. The molecule has 1 rings (SSSR count). The minimum Gasteiger partial charge on any atom is -0.390 e. The maximum Gasteiger partial charge on any atom is 0.221 e. The molecule has 84 valence electrons. The molecule has 0 aliphatic heterocycles. The molecule has 5 heteroatoms. The molecule has 0 bridgehead atoms. The second-order valence-electron chi connectivity index (χ2n) is 3.34. The molecule has 0 fully saturated rings. The van der Waals surface area contributed by atoms with Gasteiger partial charge in [-0.1, -0.05) is 6.92 Å². The Morgan fingerprint density at radius 3 is 3.13 bits per heavy atom. The molecule has 1 heterocycles. The Kier molecular flexibility index (Phi) is 4.83. The van der Waals surface area contributed by atoms with Crippen molar-refractivity contribution in [2.45, 2.75) is 32.9 Å². The average Bonchev–Trinajstić information content (AvgIpc) is 2.70. The van der Waals surface area contributed by atoms with Gasteiger partial charge in [-0.2, -0.15) is 0 Å². The molecule has 0 aromatic carbocycles. The summed E-state index contributed by atoms with van der Waals surface area (Å²) in [6.45, 7) is 3.25. The summed E-state index contributed by atoms with van der Waals surface area (Å²) in [6.07, 6.45) is 4.59. The first-order chi connectivity index (χ1) is 7.27. The highest BCUT2D eigenvalue weighted by Crippen LogP contribution is 2.00. The molecule has 0 radical (unpaired) electrons. The van der Waals surface area contributed by atoms with Crippen LogP contribution in [-0.4, -0.2) is 27.1 Å². The van der Waals surface area contributed by atoms with Gasteiger partial charge in [0.05, 0.1) is 24.8 Å². The summed E-state index contributed by atoms with van der Waals surface area (Å²) < 4.78 is 1.78. The number of aliphatic hydroxyl groups is 1. The lowest BCUT2D eigenvalue weighted by molar-refractivity contribution is -0.121. The van der Waals surface area contributed by atoms with E-state index in [4.69, 9.17) is 5.11 Å². The molecule has 0 aliphatic rings. The zero-order valence-corrected chi connectivity index (χ0v) is 8.94. The Morgan fingerprint density at radius 1 is 1.67 bits per heavy atom. The van der Waals surface area contributed by atoms with E-state index in [1.165, 1.54) is 0 Å². The van der Waals surface area contributed by atoms with E-state index in [0.717, 1.165) is 18.7 Å². The van der Waals surface area contributed by atoms with E-state index in [1.807, 2.05) is 6.92 Å². The van der Waals surface area contributed by atoms with Gasteiger partial charge in [0.2, 0.25) is 5.91 Å².